The van der Waals surface area contributed by atoms with Crippen LogP contribution in [0.3, 0.4) is 0 Å². The van der Waals surface area contributed by atoms with E-state index >= 15 is 0 Å². The van der Waals surface area contributed by atoms with Gasteiger partial charge in [0, 0.05) is 18.2 Å². The highest BCUT2D eigenvalue weighted by atomic mass is 32.2. The number of rotatable bonds is 4. The molecule has 0 spiro atoms. The van der Waals surface area contributed by atoms with E-state index in [1.54, 1.807) is 0 Å². The Labute approximate surface area is 136 Å². The Kier molecular flexibility index (Phi) is 4.83. The fourth-order valence-electron chi connectivity index (χ4n) is 3.79. The molecule has 0 bridgehead atoms. The zero-order valence-electron chi connectivity index (χ0n) is 13.0. The van der Waals surface area contributed by atoms with Gasteiger partial charge in [0.05, 0.1) is 17.5 Å². The molecule has 0 unspecified atom stereocenters. The molecule has 2 heterocycles. The summed E-state index contributed by atoms with van der Waals surface area (Å²) in [5.74, 6) is 1.07. The molecule has 2 aliphatic heterocycles. The number of nitrogens with zero attached hydrogens (tertiary/aromatic N) is 2. The summed E-state index contributed by atoms with van der Waals surface area (Å²) < 4.78 is 23.5. The maximum atomic E-state index is 12.1. The number of amidine groups is 1. The third-order valence-electron chi connectivity index (χ3n) is 4.98. The summed E-state index contributed by atoms with van der Waals surface area (Å²) in [5.41, 5.74) is 0. The van der Waals surface area contributed by atoms with Crippen molar-refractivity contribution >= 4 is 32.7 Å². The summed E-state index contributed by atoms with van der Waals surface area (Å²) in [5, 5.41) is 0.787. The van der Waals surface area contributed by atoms with Gasteiger partial charge in [0.2, 0.25) is 5.91 Å². The van der Waals surface area contributed by atoms with Crippen LogP contribution in [0.15, 0.2) is 4.99 Å². The summed E-state index contributed by atoms with van der Waals surface area (Å²) in [7, 11) is -2.92. The molecular formula is C15H24N2O3S2. The van der Waals surface area contributed by atoms with Crippen LogP contribution in [0, 0.1) is 5.92 Å². The van der Waals surface area contributed by atoms with Gasteiger partial charge >= 0.3 is 0 Å². The van der Waals surface area contributed by atoms with E-state index in [2.05, 4.69) is 4.99 Å². The standard InChI is InChI=1S/C15H24N2O3S2/c1-2-17-12-9-22(19,20)10-13(12)21-15(17)16-14(18)8-7-11-5-3-4-6-11/h11-13H,2-10H2,1H3/t12-,13+/m0/s1. The molecule has 5 nitrogen and oxygen atoms in total. The Hall–Kier alpha value is -0.560. The van der Waals surface area contributed by atoms with E-state index in [1.807, 2.05) is 11.8 Å². The first-order chi connectivity index (χ1) is 10.5. The largest absolute Gasteiger partial charge is 0.346 e. The summed E-state index contributed by atoms with van der Waals surface area (Å²) in [6.45, 7) is 2.70. The van der Waals surface area contributed by atoms with Crippen LogP contribution in [0.25, 0.3) is 0 Å². The minimum Gasteiger partial charge on any atom is -0.346 e. The molecule has 1 saturated carbocycles. The topological polar surface area (TPSA) is 66.8 Å². The molecule has 22 heavy (non-hydrogen) atoms. The average Bonchev–Trinajstić information content (AvgIpc) is 3.11. The van der Waals surface area contributed by atoms with E-state index in [4.69, 9.17) is 0 Å². The van der Waals surface area contributed by atoms with Gasteiger partial charge in [-0.25, -0.2) is 8.42 Å². The summed E-state index contributed by atoms with van der Waals surface area (Å²) in [4.78, 5) is 18.4. The van der Waals surface area contributed by atoms with E-state index < -0.39 is 9.84 Å². The molecule has 0 aromatic heterocycles. The van der Waals surface area contributed by atoms with E-state index in [0.717, 1.165) is 11.6 Å². The van der Waals surface area contributed by atoms with Crippen LogP contribution in [0.4, 0.5) is 0 Å². The summed E-state index contributed by atoms with van der Waals surface area (Å²) in [6.07, 6.45) is 6.58. The van der Waals surface area contributed by atoms with E-state index in [9.17, 15) is 13.2 Å². The number of aliphatic imine (C=N–C) groups is 1. The molecule has 124 valence electrons. The molecule has 1 amide bonds. The van der Waals surface area contributed by atoms with Gasteiger partial charge < -0.3 is 4.90 Å². The third kappa shape index (κ3) is 3.50. The van der Waals surface area contributed by atoms with Gasteiger partial charge in [-0.3, -0.25) is 4.79 Å². The van der Waals surface area contributed by atoms with Crippen molar-refractivity contribution in [1.29, 1.82) is 0 Å². The normalized spacial score (nSPS) is 32.8. The minimum absolute atomic E-state index is 0.00128. The predicted molar refractivity (Wildman–Crippen MR) is 89.8 cm³/mol. The molecule has 0 radical (unpaired) electrons. The minimum atomic E-state index is -2.92. The summed E-state index contributed by atoms with van der Waals surface area (Å²) in [6, 6.07) is 0.00128. The van der Waals surface area contributed by atoms with E-state index in [0.29, 0.717) is 18.9 Å². The maximum Gasteiger partial charge on any atom is 0.248 e. The van der Waals surface area contributed by atoms with Crippen molar-refractivity contribution in [3.8, 4) is 0 Å². The fourth-order valence-corrected chi connectivity index (χ4v) is 7.83. The Morgan fingerprint density at radius 2 is 2.05 bits per heavy atom. The van der Waals surface area contributed by atoms with Gasteiger partial charge in [0.25, 0.3) is 0 Å². The van der Waals surface area contributed by atoms with Gasteiger partial charge in [-0.05, 0) is 19.3 Å². The molecule has 0 aromatic carbocycles. The Bertz CT molecular complexity index is 567. The molecule has 3 fully saturated rings. The van der Waals surface area contributed by atoms with E-state index in [1.165, 1.54) is 37.4 Å². The van der Waals surface area contributed by atoms with Crippen LogP contribution in [0.1, 0.15) is 45.4 Å². The Morgan fingerprint density at radius 1 is 1.32 bits per heavy atom. The third-order valence-corrected chi connectivity index (χ3v) is 8.22. The van der Waals surface area contributed by atoms with Crippen LogP contribution in [-0.2, 0) is 14.6 Å². The first-order valence-corrected chi connectivity index (χ1v) is 10.9. The lowest BCUT2D eigenvalue weighted by Gasteiger charge is -2.22. The first-order valence-electron chi connectivity index (χ1n) is 8.24. The fraction of sp³-hybridized carbons (Fsp3) is 0.867. The number of thioether (sulfide) groups is 1. The van der Waals surface area contributed by atoms with Crippen LogP contribution in [0.5, 0.6) is 0 Å². The van der Waals surface area contributed by atoms with Crippen LogP contribution >= 0.6 is 11.8 Å². The van der Waals surface area contributed by atoms with Crippen LogP contribution in [-0.4, -0.2) is 53.7 Å². The number of carbonyl (C=O) groups excluding carboxylic acids is 1. The highest BCUT2D eigenvalue weighted by Gasteiger charge is 2.48. The Morgan fingerprint density at radius 3 is 2.73 bits per heavy atom. The van der Waals surface area contributed by atoms with Crippen molar-refractivity contribution in [3.63, 3.8) is 0 Å². The molecule has 7 heteroatoms. The quantitative estimate of drug-likeness (QED) is 0.781. The highest BCUT2D eigenvalue weighted by molar-refractivity contribution is 8.15. The predicted octanol–water partition coefficient (Wildman–Crippen LogP) is 2.07. The molecule has 1 aliphatic carbocycles. The van der Waals surface area contributed by atoms with E-state index in [-0.39, 0.29) is 28.7 Å². The summed E-state index contributed by atoms with van der Waals surface area (Å²) >= 11 is 1.48. The number of hydrogen-bond donors (Lipinski definition) is 0. The van der Waals surface area contributed by atoms with Gasteiger partial charge in [-0.2, -0.15) is 4.99 Å². The highest BCUT2D eigenvalue weighted by Crippen LogP contribution is 2.38. The smallest absolute Gasteiger partial charge is 0.248 e. The number of sulfone groups is 1. The molecule has 2 atom stereocenters. The molecule has 3 aliphatic rings. The molecule has 0 aromatic rings. The lowest BCUT2D eigenvalue weighted by molar-refractivity contribution is -0.118. The Balaban J connectivity index is 1.60. The van der Waals surface area contributed by atoms with Crippen molar-refractivity contribution in [2.45, 2.75) is 56.7 Å². The van der Waals surface area contributed by atoms with Crippen molar-refractivity contribution in [2.24, 2.45) is 10.9 Å². The lowest BCUT2D eigenvalue weighted by atomic mass is 10.0. The average molecular weight is 345 g/mol. The SMILES string of the molecule is CCN1C(=NC(=O)CCC2CCCC2)S[C@@H]2CS(=O)(=O)C[C@@H]21. The molecule has 3 rings (SSSR count). The molecular weight excluding hydrogens is 320 g/mol. The van der Waals surface area contributed by atoms with Crippen molar-refractivity contribution in [2.75, 3.05) is 18.1 Å². The van der Waals surface area contributed by atoms with Gasteiger partial charge in [-0.15, -0.1) is 0 Å². The van der Waals surface area contributed by atoms with Crippen molar-refractivity contribution in [1.82, 2.24) is 4.90 Å². The second-order valence-electron chi connectivity index (χ2n) is 6.56. The monoisotopic (exact) mass is 344 g/mol. The van der Waals surface area contributed by atoms with Crippen LogP contribution in [0.2, 0.25) is 0 Å². The van der Waals surface area contributed by atoms with Crippen LogP contribution < -0.4 is 0 Å². The van der Waals surface area contributed by atoms with Gasteiger partial charge in [-0.1, -0.05) is 37.4 Å². The lowest BCUT2D eigenvalue weighted by Crippen LogP contribution is -2.37. The number of hydrogen-bond acceptors (Lipinski definition) is 4. The number of carbonyl (C=O) groups is 1. The maximum absolute atomic E-state index is 12.1. The zero-order valence-corrected chi connectivity index (χ0v) is 14.7. The zero-order chi connectivity index (χ0) is 15.7. The van der Waals surface area contributed by atoms with Gasteiger partial charge in [0.1, 0.15) is 0 Å². The van der Waals surface area contributed by atoms with Crippen molar-refractivity contribution in [3.05, 3.63) is 0 Å². The molecule has 0 N–H and O–H groups in total. The van der Waals surface area contributed by atoms with Crippen molar-refractivity contribution < 1.29 is 13.2 Å². The number of fused-ring (bicyclic) bond motifs is 1. The second kappa shape index (κ2) is 6.51. The molecule has 2 saturated heterocycles. The number of amides is 1. The first kappa shape index (κ1) is 16.3. The second-order valence-corrected chi connectivity index (χ2v) is 9.92. The van der Waals surface area contributed by atoms with Gasteiger partial charge in [0.15, 0.2) is 15.0 Å².